The summed E-state index contributed by atoms with van der Waals surface area (Å²) in [5.74, 6) is -0.876. The first-order valence-electron chi connectivity index (χ1n) is 12.9. The zero-order valence-electron chi connectivity index (χ0n) is 21.3. The number of sulfonamides is 1. The number of β-amino-alcohol motifs (C(OH)–C–C–N with tert-alkyl or cyclic N) is 1. The lowest BCUT2D eigenvalue weighted by Crippen LogP contribution is -2.53. The molecule has 1 aliphatic rings. The maximum Gasteiger partial charge on any atom is 0.270 e. The Morgan fingerprint density at radius 3 is 2.68 bits per heavy atom. The second kappa shape index (κ2) is 12.4. The quantitative estimate of drug-likeness (QED) is 0.379. The molecule has 1 aromatic carbocycles. The van der Waals surface area contributed by atoms with Gasteiger partial charge in [-0.2, -0.15) is 4.31 Å². The van der Waals surface area contributed by atoms with Gasteiger partial charge in [0.05, 0.1) is 17.7 Å². The van der Waals surface area contributed by atoms with Gasteiger partial charge in [-0.25, -0.2) is 18.4 Å². The Labute approximate surface area is 222 Å². The van der Waals surface area contributed by atoms with Crippen LogP contribution in [0.5, 0.6) is 0 Å². The van der Waals surface area contributed by atoms with Gasteiger partial charge in [0.15, 0.2) is 5.03 Å². The van der Waals surface area contributed by atoms with Gasteiger partial charge in [0, 0.05) is 24.7 Å². The van der Waals surface area contributed by atoms with E-state index >= 15 is 0 Å². The number of aliphatic hydroxyl groups is 1. The van der Waals surface area contributed by atoms with E-state index in [9.17, 15) is 23.1 Å². The minimum atomic E-state index is -3.88. The van der Waals surface area contributed by atoms with Gasteiger partial charge < -0.3 is 15.7 Å². The van der Waals surface area contributed by atoms with E-state index in [2.05, 4.69) is 20.6 Å². The molecule has 3 aromatic rings. The number of amides is 2. The maximum absolute atomic E-state index is 13.3. The molecule has 2 amide bonds. The largest absolute Gasteiger partial charge is 0.390 e. The van der Waals surface area contributed by atoms with E-state index in [0.29, 0.717) is 31.2 Å². The zero-order chi connectivity index (χ0) is 27.1. The summed E-state index contributed by atoms with van der Waals surface area (Å²) in [5.41, 5.74) is 0.893. The lowest BCUT2D eigenvalue weighted by molar-refractivity contribution is -0.124. The first kappa shape index (κ1) is 27.6. The molecule has 1 saturated heterocycles. The van der Waals surface area contributed by atoms with Crippen molar-refractivity contribution >= 4 is 32.7 Å². The number of nitrogens with zero attached hydrogens (tertiary/aromatic N) is 3. The van der Waals surface area contributed by atoms with Crippen LogP contribution >= 0.6 is 0 Å². The number of carbonyl (C=O) groups excluding carboxylic acids is 2. The Bertz CT molecular complexity index is 1370. The number of unbranched alkanes of at least 4 members (excludes halogenated alkanes) is 1. The van der Waals surface area contributed by atoms with Gasteiger partial charge in [0.25, 0.3) is 15.9 Å². The highest BCUT2D eigenvalue weighted by Gasteiger charge is 2.35. The van der Waals surface area contributed by atoms with E-state index in [0.717, 1.165) is 11.8 Å². The Morgan fingerprint density at radius 1 is 1.13 bits per heavy atom. The molecule has 3 atom stereocenters. The summed E-state index contributed by atoms with van der Waals surface area (Å²) in [5, 5.41) is 17.3. The fraction of sp³-hybridized carbons (Fsp3) is 0.407. The lowest BCUT2D eigenvalue weighted by atomic mass is 10.0. The topological polar surface area (TPSA) is 142 Å². The Hall–Kier alpha value is -3.41. The predicted molar refractivity (Wildman–Crippen MR) is 143 cm³/mol. The van der Waals surface area contributed by atoms with Crippen LogP contribution in [0.4, 0.5) is 0 Å². The molecule has 0 saturated carbocycles. The molecule has 0 aliphatic carbocycles. The normalized spacial score (nSPS) is 19.4. The van der Waals surface area contributed by atoms with Crippen molar-refractivity contribution in [2.24, 2.45) is 0 Å². The molecule has 3 N–H and O–H groups in total. The van der Waals surface area contributed by atoms with Crippen LogP contribution in [0.25, 0.3) is 10.9 Å². The number of hydrogen-bond donors (Lipinski definition) is 3. The van der Waals surface area contributed by atoms with Crippen LogP contribution in [0.15, 0.2) is 65.8 Å². The van der Waals surface area contributed by atoms with Crippen molar-refractivity contribution < 1.29 is 23.1 Å². The minimum absolute atomic E-state index is 0.0840. The van der Waals surface area contributed by atoms with E-state index in [1.807, 2.05) is 37.3 Å². The van der Waals surface area contributed by atoms with Gasteiger partial charge in [-0.3, -0.25) is 9.59 Å². The van der Waals surface area contributed by atoms with Crippen molar-refractivity contribution in [3.63, 3.8) is 0 Å². The minimum Gasteiger partial charge on any atom is -0.390 e. The number of pyridine rings is 2. The summed E-state index contributed by atoms with van der Waals surface area (Å²) in [7, 11) is -3.88. The molecule has 3 heterocycles. The van der Waals surface area contributed by atoms with Crippen molar-refractivity contribution in [2.75, 3.05) is 13.1 Å². The van der Waals surface area contributed by atoms with Crippen LogP contribution in [0.1, 0.15) is 49.5 Å². The maximum atomic E-state index is 13.3. The number of rotatable bonds is 9. The number of para-hydroxylation sites is 1. The van der Waals surface area contributed by atoms with E-state index in [1.54, 1.807) is 18.2 Å². The van der Waals surface area contributed by atoms with Gasteiger partial charge in [-0.1, -0.05) is 50.1 Å². The van der Waals surface area contributed by atoms with Crippen LogP contribution in [-0.2, 0) is 14.8 Å². The molecule has 1 fully saturated rings. The molecule has 1 aliphatic heterocycles. The van der Waals surface area contributed by atoms with Gasteiger partial charge >= 0.3 is 0 Å². The standard InChI is InChI=1S/C27H33N5O5S/c1-2-3-10-22(31-27(35)23-15-14-19-9-4-5-11-20(19)29-23)26(34)30-21-12-8-17-32(18-24(21)33)38(36,37)25-13-6-7-16-28-25/h4-7,9,11,13-16,21-22,24,33H,2-3,8,10,12,17-18H2,1H3,(H,30,34)(H,31,35)/t21?,22?,24-/m0/s1. The third-order valence-corrected chi connectivity index (χ3v) is 8.43. The number of benzene rings is 1. The number of hydrogen-bond acceptors (Lipinski definition) is 7. The van der Waals surface area contributed by atoms with Crippen LogP contribution in [0, 0.1) is 0 Å². The highest BCUT2D eigenvalue weighted by atomic mass is 32.2. The number of nitrogens with one attached hydrogen (secondary N) is 2. The van der Waals surface area contributed by atoms with Crippen LogP contribution in [-0.4, -0.2) is 70.9 Å². The smallest absolute Gasteiger partial charge is 0.270 e. The van der Waals surface area contributed by atoms with Gasteiger partial charge in [-0.05, 0) is 43.5 Å². The van der Waals surface area contributed by atoms with Gasteiger partial charge in [0.2, 0.25) is 5.91 Å². The molecular formula is C27H33N5O5S. The number of fused-ring (bicyclic) bond motifs is 1. The molecule has 202 valence electrons. The highest BCUT2D eigenvalue weighted by Crippen LogP contribution is 2.20. The summed E-state index contributed by atoms with van der Waals surface area (Å²) in [6.07, 6.45) is 3.09. The lowest BCUT2D eigenvalue weighted by Gasteiger charge is -2.27. The van der Waals surface area contributed by atoms with Crippen LogP contribution in [0.3, 0.4) is 0 Å². The summed E-state index contributed by atoms with van der Waals surface area (Å²) in [4.78, 5) is 34.6. The number of aromatic nitrogens is 2. The SMILES string of the molecule is CCCCC(NC(=O)c1ccc2ccccc2n1)C(=O)NC1CCCN(S(=O)(=O)c2ccccn2)C[C@@H]1O. The average Bonchev–Trinajstić information content (AvgIpc) is 3.12. The van der Waals surface area contributed by atoms with Crippen molar-refractivity contribution in [3.8, 4) is 0 Å². The van der Waals surface area contributed by atoms with Gasteiger partial charge in [-0.15, -0.1) is 0 Å². The monoisotopic (exact) mass is 539 g/mol. The van der Waals surface area contributed by atoms with Crippen molar-refractivity contribution in [1.29, 1.82) is 0 Å². The average molecular weight is 540 g/mol. The molecule has 4 rings (SSSR count). The van der Waals surface area contributed by atoms with Crippen LogP contribution < -0.4 is 10.6 Å². The van der Waals surface area contributed by atoms with Gasteiger partial charge in [0.1, 0.15) is 11.7 Å². The molecule has 2 unspecified atom stereocenters. The second-order valence-corrected chi connectivity index (χ2v) is 11.3. The third-order valence-electron chi connectivity index (χ3n) is 6.65. The highest BCUT2D eigenvalue weighted by molar-refractivity contribution is 7.89. The van der Waals surface area contributed by atoms with E-state index in [4.69, 9.17) is 0 Å². The summed E-state index contributed by atoms with van der Waals surface area (Å²) in [6.45, 7) is 2.02. The predicted octanol–water partition coefficient (Wildman–Crippen LogP) is 2.25. The second-order valence-electron chi connectivity index (χ2n) is 9.41. The fourth-order valence-electron chi connectivity index (χ4n) is 4.51. The van der Waals surface area contributed by atoms with Crippen molar-refractivity contribution in [1.82, 2.24) is 24.9 Å². The first-order valence-corrected chi connectivity index (χ1v) is 14.3. The molecule has 38 heavy (non-hydrogen) atoms. The molecule has 0 bridgehead atoms. The summed E-state index contributed by atoms with van der Waals surface area (Å²) in [6, 6.07) is 14.0. The molecule has 2 aromatic heterocycles. The van der Waals surface area contributed by atoms with Crippen LogP contribution in [0.2, 0.25) is 0 Å². The molecule has 0 spiro atoms. The molecule has 11 heteroatoms. The zero-order valence-corrected chi connectivity index (χ0v) is 22.1. The summed E-state index contributed by atoms with van der Waals surface area (Å²) >= 11 is 0. The molecule has 10 nitrogen and oxygen atoms in total. The van der Waals surface area contributed by atoms with E-state index < -0.39 is 40.0 Å². The van der Waals surface area contributed by atoms with Crippen molar-refractivity contribution in [2.45, 2.75) is 62.2 Å². The summed E-state index contributed by atoms with van der Waals surface area (Å²) < 4.78 is 27.2. The number of carbonyl (C=O) groups is 2. The Morgan fingerprint density at radius 2 is 1.92 bits per heavy atom. The number of aliphatic hydroxyl groups excluding tert-OH is 1. The van der Waals surface area contributed by atoms with E-state index in [1.165, 1.54) is 16.6 Å². The van der Waals surface area contributed by atoms with E-state index in [-0.39, 0.29) is 23.8 Å². The Balaban J connectivity index is 1.43. The Kier molecular flexibility index (Phi) is 9.03. The fourth-order valence-corrected chi connectivity index (χ4v) is 5.94. The molecular weight excluding hydrogens is 506 g/mol. The third kappa shape index (κ3) is 6.53. The van der Waals surface area contributed by atoms with Crippen molar-refractivity contribution in [3.05, 3.63) is 66.5 Å². The first-order chi connectivity index (χ1) is 18.3. The molecule has 0 radical (unpaired) electrons.